The van der Waals surface area contributed by atoms with Crippen LogP contribution in [-0.4, -0.2) is 5.78 Å². The van der Waals surface area contributed by atoms with E-state index in [1.165, 1.54) is 0 Å². The highest BCUT2D eigenvalue weighted by Gasteiger charge is 2.23. The van der Waals surface area contributed by atoms with E-state index in [2.05, 4.69) is 0 Å². The molecule has 0 radical (unpaired) electrons. The van der Waals surface area contributed by atoms with Crippen molar-refractivity contribution in [3.05, 3.63) is 47.1 Å². The number of ether oxygens (including phenoxy) is 1. The van der Waals surface area contributed by atoms with Crippen molar-refractivity contribution in [2.24, 2.45) is 0 Å². The first-order valence-corrected chi connectivity index (χ1v) is 5.54. The summed E-state index contributed by atoms with van der Waals surface area (Å²) in [7, 11) is 0. The van der Waals surface area contributed by atoms with Crippen molar-refractivity contribution in [2.75, 3.05) is 0 Å². The minimum atomic E-state index is 0.105. The second-order valence-electron chi connectivity index (χ2n) is 3.40. The largest absolute Gasteiger partial charge is 0.455 e. The van der Waals surface area contributed by atoms with Gasteiger partial charge in [-0.1, -0.05) is 30.0 Å². The molecule has 1 aromatic rings. The summed E-state index contributed by atoms with van der Waals surface area (Å²) in [5, 5.41) is 0. The Morgan fingerprint density at radius 3 is 3.07 bits per heavy atom. The molecule has 0 N–H and O–H groups in total. The summed E-state index contributed by atoms with van der Waals surface area (Å²) in [6.45, 7) is 0. The number of carbonyl (C=O) groups is 1. The first-order valence-electron chi connectivity index (χ1n) is 4.73. The van der Waals surface area contributed by atoms with Gasteiger partial charge in [0, 0.05) is 12.5 Å². The van der Waals surface area contributed by atoms with Gasteiger partial charge in [-0.15, -0.1) is 0 Å². The third-order valence-corrected chi connectivity index (χ3v) is 3.46. The molecule has 0 spiro atoms. The lowest BCUT2D eigenvalue weighted by atomic mass is 10.1. The van der Waals surface area contributed by atoms with E-state index in [1.54, 1.807) is 17.8 Å². The fraction of sp³-hybridized carbons (Fsp3) is 0.0833. The van der Waals surface area contributed by atoms with Crippen molar-refractivity contribution in [1.82, 2.24) is 0 Å². The molecule has 1 heterocycles. The van der Waals surface area contributed by atoms with Crippen LogP contribution in [-0.2, 0) is 4.79 Å². The minimum absolute atomic E-state index is 0.105. The zero-order chi connectivity index (χ0) is 10.3. The molecule has 2 nitrogen and oxygen atoms in total. The highest BCUT2D eigenvalue weighted by atomic mass is 32.2. The summed E-state index contributed by atoms with van der Waals surface area (Å²) in [5.41, 5.74) is 0. The molecular weight excluding hydrogens is 208 g/mol. The van der Waals surface area contributed by atoms with E-state index in [9.17, 15) is 4.79 Å². The van der Waals surface area contributed by atoms with Crippen LogP contribution in [0.15, 0.2) is 52.0 Å². The van der Waals surface area contributed by atoms with E-state index in [0.717, 1.165) is 15.6 Å². The molecule has 0 aromatic heterocycles. The zero-order valence-electron chi connectivity index (χ0n) is 7.90. The van der Waals surface area contributed by atoms with E-state index < -0.39 is 0 Å². The van der Waals surface area contributed by atoms with Gasteiger partial charge in [-0.2, -0.15) is 0 Å². The predicted molar refractivity (Wildman–Crippen MR) is 58.7 cm³/mol. The molecular formula is C12H8O2S. The van der Waals surface area contributed by atoms with Crippen molar-refractivity contribution in [1.29, 1.82) is 0 Å². The fourth-order valence-corrected chi connectivity index (χ4v) is 2.56. The Labute approximate surface area is 91.6 Å². The number of thioether (sulfide) groups is 1. The van der Waals surface area contributed by atoms with Gasteiger partial charge in [0.2, 0.25) is 0 Å². The molecule has 2 aliphatic rings. The van der Waals surface area contributed by atoms with Crippen LogP contribution in [0.1, 0.15) is 6.42 Å². The Bertz CT molecular complexity index is 500. The van der Waals surface area contributed by atoms with Crippen LogP contribution in [0.5, 0.6) is 5.75 Å². The Hall–Kier alpha value is -1.48. The molecule has 3 rings (SSSR count). The van der Waals surface area contributed by atoms with Gasteiger partial charge in [-0.05, 0) is 12.1 Å². The number of fused-ring (bicyclic) bond motifs is 2. The van der Waals surface area contributed by atoms with Crippen LogP contribution < -0.4 is 4.74 Å². The van der Waals surface area contributed by atoms with E-state index in [0.29, 0.717) is 12.2 Å². The summed E-state index contributed by atoms with van der Waals surface area (Å²) in [5.74, 6) is 1.63. The van der Waals surface area contributed by atoms with Crippen molar-refractivity contribution in [3.8, 4) is 5.75 Å². The number of para-hydroxylation sites is 1. The molecule has 1 aliphatic heterocycles. The summed E-state index contributed by atoms with van der Waals surface area (Å²) in [6.07, 6.45) is 3.99. The Kier molecular flexibility index (Phi) is 1.92. The van der Waals surface area contributed by atoms with Crippen LogP contribution in [0.25, 0.3) is 0 Å². The maximum absolute atomic E-state index is 11.2. The second-order valence-corrected chi connectivity index (χ2v) is 4.48. The van der Waals surface area contributed by atoms with Gasteiger partial charge < -0.3 is 4.74 Å². The van der Waals surface area contributed by atoms with Crippen LogP contribution in [0.3, 0.4) is 0 Å². The zero-order valence-corrected chi connectivity index (χ0v) is 8.71. The Balaban J connectivity index is 2.07. The molecule has 1 aromatic carbocycles. The molecule has 0 atom stereocenters. The predicted octanol–water partition coefficient (Wildman–Crippen LogP) is 2.91. The van der Waals surface area contributed by atoms with Gasteiger partial charge in [0.25, 0.3) is 0 Å². The molecule has 74 valence electrons. The first-order chi connectivity index (χ1) is 7.33. The van der Waals surface area contributed by atoms with Crippen molar-refractivity contribution >= 4 is 17.5 Å². The van der Waals surface area contributed by atoms with Gasteiger partial charge in [0.05, 0.1) is 9.80 Å². The van der Waals surface area contributed by atoms with E-state index >= 15 is 0 Å². The number of allylic oxidation sites excluding steroid dienone is 2. The number of hydrogen-bond acceptors (Lipinski definition) is 3. The molecule has 0 fully saturated rings. The molecule has 0 amide bonds. The van der Waals surface area contributed by atoms with Crippen molar-refractivity contribution in [2.45, 2.75) is 11.3 Å². The van der Waals surface area contributed by atoms with Crippen LogP contribution in [0, 0.1) is 0 Å². The molecule has 0 saturated carbocycles. The fourth-order valence-electron chi connectivity index (χ4n) is 1.60. The Morgan fingerprint density at radius 2 is 2.13 bits per heavy atom. The van der Waals surface area contributed by atoms with E-state index in [1.807, 2.05) is 30.3 Å². The quantitative estimate of drug-likeness (QED) is 0.667. The number of benzene rings is 1. The summed E-state index contributed by atoms with van der Waals surface area (Å²) >= 11 is 1.66. The van der Waals surface area contributed by atoms with Gasteiger partial charge in [0.1, 0.15) is 11.5 Å². The number of rotatable bonds is 0. The monoisotopic (exact) mass is 216 g/mol. The van der Waals surface area contributed by atoms with Gasteiger partial charge in [-0.25, -0.2) is 0 Å². The number of ketones is 1. The molecule has 15 heavy (non-hydrogen) atoms. The van der Waals surface area contributed by atoms with Crippen LogP contribution in [0.2, 0.25) is 0 Å². The van der Waals surface area contributed by atoms with Crippen molar-refractivity contribution < 1.29 is 9.53 Å². The highest BCUT2D eigenvalue weighted by molar-refractivity contribution is 8.03. The summed E-state index contributed by atoms with van der Waals surface area (Å²) in [6, 6.07) is 7.85. The van der Waals surface area contributed by atoms with Gasteiger partial charge in [0.15, 0.2) is 5.78 Å². The van der Waals surface area contributed by atoms with Crippen LogP contribution in [0.4, 0.5) is 0 Å². The highest BCUT2D eigenvalue weighted by Crippen LogP contribution is 2.44. The average Bonchev–Trinajstić information content (AvgIpc) is 2.26. The molecule has 0 saturated heterocycles. The summed E-state index contributed by atoms with van der Waals surface area (Å²) < 4.78 is 5.66. The average molecular weight is 216 g/mol. The molecule has 0 unspecified atom stereocenters. The SMILES string of the molecule is O=C1C=C2Oc3ccccc3SC2=CC1. The maximum Gasteiger partial charge on any atom is 0.163 e. The minimum Gasteiger partial charge on any atom is -0.455 e. The number of carbonyl (C=O) groups excluding carboxylic acids is 1. The molecule has 0 bridgehead atoms. The lowest BCUT2D eigenvalue weighted by molar-refractivity contribution is -0.114. The molecule has 1 aliphatic carbocycles. The topological polar surface area (TPSA) is 26.3 Å². The third-order valence-electron chi connectivity index (χ3n) is 2.31. The van der Waals surface area contributed by atoms with E-state index in [-0.39, 0.29) is 5.78 Å². The first kappa shape index (κ1) is 8.80. The Morgan fingerprint density at radius 1 is 1.27 bits per heavy atom. The van der Waals surface area contributed by atoms with Crippen molar-refractivity contribution in [3.63, 3.8) is 0 Å². The standard InChI is InChI=1S/C12H8O2S/c13-8-5-6-12-10(7-8)14-9-3-1-2-4-11(9)15-12/h1-4,6-7H,5H2. The lowest BCUT2D eigenvalue weighted by Crippen LogP contribution is -2.10. The third kappa shape index (κ3) is 1.49. The number of hydrogen-bond donors (Lipinski definition) is 0. The van der Waals surface area contributed by atoms with Crippen LogP contribution >= 0.6 is 11.8 Å². The lowest BCUT2D eigenvalue weighted by Gasteiger charge is -2.23. The van der Waals surface area contributed by atoms with Gasteiger partial charge in [-0.3, -0.25) is 4.79 Å². The molecule has 3 heteroatoms. The maximum atomic E-state index is 11.2. The normalized spacial score (nSPS) is 18.3. The second kappa shape index (κ2) is 3.28. The smallest absolute Gasteiger partial charge is 0.163 e. The summed E-state index contributed by atoms with van der Waals surface area (Å²) in [4.78, 5) is 13.4. The van der Waals surface area contributed by atoms with E-state index in [4.69, 9.17) is 4.74 Å². The van der Waals surface area contributed by atoms with Gasteiger partial charge >= 0.3 is 0 Å².